The number of hydrogen-bond acceptors (Lipinski definition) is 2. The molecule has 0 amide bonds. The van der Waals surface area contributed by atoms with Crippen LogP contribution in [0.4, 0.5) is 0 Å². The highest BCUT2D eigenvalue weighted by atomic mass is 16.3. The first-order valence-electron chi connectivity index (χ1n) is 6.02. The van der Waals surface area contributed by atoms with Crippen molar-refractivity contribution >= 4 is 11.9 Å². The molecule has 0 unspecified atom stereocenters. The van der Waals surface area contributed by atoms with Crippen LogP contribution in [-0.4, -0.2) is 5.78 Å². The molecule has 2 aromatic rings. The van der Waals surface area contributed by atoms with E-state index in [9.17, 15) is 4.79 Å². The summed E-state index contributed by atoms with van der Waals surface area (Å²) < 4.78 is 5.03. The molecule has 2 rings (SSSR count). The van der Waals surface area contributed by atoms with E-state index in [2.05, 4.69) is 26.0 Å². The van der Waals surface area contributed by atoms with E-state index in [1.807, 2.05) is 12.1 Å². The normalized spacial score (nSPS) is 11.3. The van der Waals surface area contributed by atoms with E-state index < -0.39 is 0 Å². The standard InChI is InChI=1S/C16H16O2/c1-12(2)14-8-5-13(6-9-14)7-10-15(17)16-4-3-11-18-16/h3-12H,1-2H3/b10-7+. The number of ketones is 1. The van der Waals surface area contributed by atoms with Crippen molar-refractivity contribution in [2.45, 2.75) is 19.8 Å². The summed E-state index contributed by atoms with van der Waals surface area (Å²) in [5.74, 6) is 0.769. The molecule has 2 nitrogen and oxygen atoms in total. The predicted molar refractivity (Wildman–Crippen MR) is 72.6 cm³/mol. The highest BCUT2D eigenvalue weighted by molar-refractivity contribution is 6.04. The lowest BCUT2D eigenvalue weighted by molar-refractivity contribution is 0.102. The Kier molecular flexibility index (Phi) is 3.78. The fraction of sp³-hybridized carbons (Fsp3) is 0.188. The lowest BCUT2D eigenvalue weighted by Gasteiger charge is -2.04. The van der Waals surface area contributed by atoms with Gasteiger partial charge in [-0.3, -0.25) is 4.79 Å². The average molecular weight is 240 g/mol. The Morgan fingerprint density at radius 2 is 1.89 bits per heavy atom. The molecule has 0 fully saturated rings. The van der Waals surface area contributed by atoms with Gasteiger partial charge in [-0.25, -0.2) is 0 Å². The molecule has 0 saturated carbocycles. The van der Waals surface area contributed by atoms with Crippen molar-refractivity contribution in [3.05, 3.63) is 65.6 Å². The minimum Gasteiger partial charge on any atom is -0.461 e. The van der Waals surface area contributed by atoms with Crippen molar-refractivity contribution in [3.8, 4) is 0 Å². The zero-order chi connectivity index (χ0) is 13.0. The molecule has 18 heavy (non-hydrogen) atoms. The average Bonchev–Trinajstić information content (AvgIpc) is 2.90. The molecule has 0 atom stereocenters. The molecular weight excluding hydrogens is 224 g/mol. The molecule has 0 aliphatic heterocycles. The second-order valence-corrected chi connectivity index (χ2v) is 4.50. The molecule has 0 radical (unpaired) electrons. The van der Waals surface area contributed by atoms with Gasteiger partial charge in [-0.05, 0) is 35.3 Å². The van der Waals surface area contributed by atoms with Crippen LogP contribution in [0.3, 0.4) is 0 Å². The summed E-state index contributed by atoms with van der Waals surface area (Å²) >= 11 is 0. The zero-order valence-corrected chi connectivity index (χ0v) is 10.6. The van der Waals surface area contributed by atoms with Crippen LogP contribution in [0.2, 0.25) is 0 Å². The Morgan fingerprint density at radius 3 is 2.44 bits per heavy atom. The molecule has 0 N–H and O–H groups in total. The lowest BCUT2D eigenvalue weighted by atomic mass is 10.0. The Labute approximate surface area is 107 Å². The van der Waals surface area contributed by atoms with E-state index in [0.717, 1.165) is 5.56 Å². The van der Waals surface area contributed by atoms with Gasteiger partial charge in [-0.2, -0.15) is 0 Å². The van der Waals surface area contributed by atoms with E-state index in [1.165, 1.54) is 17.9 Å². The van der Waals surface area contributed by atoms with Gasteiger partial charge in [0.2, 0.25) is 5.78 Å². The summed E-state index contributed by atoms with van der Waals surface area (Å²) in [6.07, 6.45) is 4.83. The summed E-state index contributed by atoms with van der Waals surface area (Å²) in [6, 6.07) is 11.6. The lowest BCUT2D eigenvalue weighted by Crippen LogP contribution is -1.90. The van der Waals surface area contributed by atoms with Crippen molar-refractivity contribution in [2.24, 2.45) is 0 Å². The van der Waals surface area contributed by atoms with Crippen molar-refractivity contribution < 1.29 is 9.21 Å². The molecule has 1 heterocycles. The van der Waals surface area contributed by atoms with E-state index in [4.69, 9.17) is 4.42 Å². The van der Waals surface area contributed by atoms with E-state index in [1.54, 1.807) is 18.2 Å². The SMILES string of the molecule is CC(C)c1ccc(/C=C/C(=O)c2ccco2)cc1. The predicted octanol–water partition coefficient (Wildman–Crippen LogP) is 4.30. The Hall–Kier alpha value is -2.09. The quantitative estimate of drug-likeness (QED) is 0.589. The van der Waals surface area contributed by atoms with Gasteiger partial charge in [0, 0.05) is 0 Å². The number of rotatable bonds is 4. The van der Waals surface area contributed by atoms with Crippen LogP contribution >= 0.6 is 0 Å². The first-order valence-corrected chi connectivity index (χ1v) is 6.02. The maximum absolute atomic E-state index is 11.7. The van der Waals surface area contributed by atoms with Gasteiger partial charge in [-0.15, -0.1) is 0 Å². The first kappa shape index (κ1) is 12.4. The van der Waals surface area contributed by atoms with Crippen LogP contribution in [0.25, 0.3) is 6.08 Å². The van der Waals surface area contributed by atoms with Crippen molar-refractivity contribution in [2.75, 3.05) is 0 Å². The highest BCUT2D eigenvalue weighted by Gasteiger charge is 2.03. The van der Waals surface area contributed by atoms with Crippen molar-refractivity contribution in [1.82, 2.24) is 0 Å². The number of hydrogen-bond donors (Lipinski definition) is 0. The molecule has 92 valence electrons. The maximum Gasteiger partial charge on any atom is 0.221 e. The third kappa shape index (κ3) is 2.98. The molecule has 0 aliphatic carbocycles. The molecule has 1 aromatic carbocycles. The number of carbonyl (C=O) groups excluding carboxylic acids is 1. The van der Waals surface area contributed by atoms with E-state index in [0.29, 0.717) is 11.7 Å². The third-order valence-electron chi connectivity index (χ3n) is 2.79. The number of allylic oxidation sites excluding steroid dienone is 1. The van der Waals surface area contributed by atoms with E-state index in [-0.39, 0.29) is 5.78 Å². The molecule has 1 aromatic heterocycles. The van der Waals surface area contributed by atoms with Crippen LogP contribution in [-0.2, 0) is 0 Å². The first-order chi connectivity index (χ1) is 8.66. The molecule has 0 bridgehead atoms. The van der Waals surface area contributed by atoms with Gasteiger partial charge in [0.1, 0.15) is 0 Å². The summed E-state index contributed by atoms with van der Waals surface area (Å²) in [6.45, 7) is 4.32. The van der Waals surface area contributed by atoms with Gasteiger partial charge in [0.25, 0.3) is 0 Å². The van der Waals surface area contributed by atoms with Crippen molar-refractivity contribution in [1.29, 1.82) is 0 Å². The fourth-order valence-electron chi connectivity index (χ4n) is 1.66. The fourth-order valence-corrected chi connectivity index (χ4v) is 1.66. The monoisotopic (exact) mass is 240 g/mol. The third-order valence-corrected chi connectivity index (χ3v) is 2.79. The van der Waals surface area contributed by atoms with Crippen molar-refractivity contribution in [3.63, 3.8) is 0 Å². The number of carbonyl (C=O) groups is 1. The zero-order valence-electron chi connectivity index (χ0n) is 10.6. The number of furan rings is 1. The number of benzene rings is 1. The van der Waals surface area contributed by atoms with Gasteiger partial charge in [0.05, 0.1) is 6.26 Å². The second-order valence-electron chi connectivity index (χ2n) is 4.50. The largest absolute Gasteiger partial charge is 0.461 e. The maximum atomic E-state index is 11.7. The topological polar surface area (TPSA) is 30.2 Å². The van der Waals surface area contributed by atoms with Crippen LogP contribution in [0.15, 0.2) is 53.2 Å². The summed E-state index contributed by atoms with van der Waals surface area (Å²) in [7, 11) is 0. The minimum atomic E-state index is -0.118. The Bertz CT molecular complexity index is 531. The van der Waals surface area contributed by atoms with Gasteiger partial charge >= 0.3 is 0 Å². The summed E-state index contributed by atoms with van der Waals surface area (Å²) in [5, 5.41) is 0. The Balaban J connectivity index is 2.07. The Morgan fingerprint density at radius 1 is 1.17 bits per heavy atom. The van der Waals surface area contributed by atoms with Gasteiger partial charge in [-0.1, -0.05) is 44.2 Å². The summed E-state index contributed by atoms with van der Waals surface area (Å²) in [5.41, 5.74) is 2.31. The molecular formula is C16H16O2. The molecule has 0 spiro atoms. The van der Waals surface area contributed by atoms with Crippen LogP contribution < -0.4 is 0 Å². The van der Waals surface area contributed by atoms with Gasteiger partial charge < -0.3 is 4.42 Å². The van der Waals surface area contributed by atoms with Crippen LogP contribution in [0, 0.1) is 0 Å². The van der Waals surface area contributed by atoms with E-state index >= 15 is 0 Å². The van der Waals surface area contributed by atoms with Gasteiger partial charge in [0.15, 0.2) is 5.76 Å². The highest BCUT2D eigenvalue weighted by Crippen LogP contribution is 2.15. The second kappa shape index (κ2) is 5.50. The summed E-state index contributed by atoms with van der Waals surface area (Å²) in [4.78, 5) is 11.7. The molecule has 0 aliphatic rings. The smallest absolute Gasteiger partial charge is 0.221 e. The van der Waals surface area contributed by atoms with Crippen LogP contribution in [0.5, 0.6) is 0 Å². The van der Waals surface area contributed by atoms with Crippen LogP contribution in [0.1, 0.15) is 41.4 Å². The minimum absolute atomic E-state index is 0.118. The molecule has 0 saturated heterocycles. The molecule has 2 heteroatoms.